The topological polar surface area (TPSA) is 122 Å². The summed E-state index contributed by atoms with van der Waals surface area (Å²) in [7, 11) is 0. The average Bonchev–Trinajstić information content (AvgIpc) is 3.31. The average molecular weight is 478 g/mol. The standard InChI is InChI=1S/C26H31N5O4/c1-26(2,3)23-17-24(31-35-23)30-25(33)29-21-9-6-19(7-10-21)5-8-20-11-12-22(18-28-20)34-16-4-13-27-14-15-32/h6-7,9-12,17-18,27,32H,4,13-16H2,1-3H3,(H2,29,30,31,33). The molecule has 35 heavy (non-hydrogen) atoms. The molecular weight excluding hydrogens is 446 g/mol. The zero-order valence-corrected chi connectivity index (χ0v) is 20.2. The van der Waals surface area contributed by atoms with Gasteiger partial charge in [0.2, 0.25) is 0 Å². The van der Waals surface area contributed by atoms with E-state index in [4.69, 9.17) is 14.4 Å². The Bertz CT molecular complexity index is 1140. The van der Waals surface area contributed by atoms with Gasteiger partial charge >= 0.3 is 6.03 Å². The largest absolute Gasteiger partial charge is 0.492 e. The zero-order chi connectivity index (χ0) is 25.1. The summed E-state index contributed by atoms with van der Waals surface area (Å²) in [5.74, 6) is 7.81. The van der Waals surface area contributed by atoms with Crippen LogP contribution in [0.15, 0.2) is 53.2 Å². The minimum atomic E-state index is -0.412. The van der Waals surface area contributed by atoms with Gasteiger partial charge in [-0.3, -0.25) is 5.32 Å². The molecule has 2 heterocycles. The number of aromatic nitrogens is 2. The molecule has 3 rings (SSSR count). The highest BCUT2D eigenvalue weighted by molar-refractivity contribution is 5.99. The molecule has 9 heteroatoms. The molecule has 3 aromatic rings. The van der Waals surface area contributed by atoms with Crippen molar-refractivity contribution < 1.29 is 19.2 Å². The highest BCUT2D eigenvalue weighted by Crippen LogP contribution is 2.24. The summed E-state index contributed by atoms with van der Waals surface area (Å²) in [6.07, 6.45) is 2.49. The minimum absolute atomic E-state index is 0.134. The number of nitrogens with zero attached hydrogens (tertiary/aromatic N) is 2. The second-order valence-corrected chi connectivity index (χ2v) is 8.79. The van der Waals surface area contributed by atoms with Crippen LogP contribution in [0.4, 0.5) is 16.3 Å². The van der Waals surface area contributed by atoms with Crippen molar-refractivity contribution in [1.29, 1.82) is 0 Å². The third kappa shape index (κ3) is 8.77. The smallest absolute Gasteiger partial charge is 0.324 e. The summed E-state index contributed by atoms with van der Waals surface area (Å²) < 4.78 is 10.9. The van der Waals surface area contributed by atoms with E-state index in [1.165, 1.54) is 0 Å². The predicted molar refractivity (Wildman–Crippen MR) is 135 cm³/mol. The third-order valence-corrected chi connectivity index (χ3v) is 4.76. The molecule has 0 saturated carbocycles. The molecule has 1 aromatic carbocycles. The number of ether oxygens (including phenoxy) is 1. The second-order valence-electron chi connectivity index (χ2n) is 8.79. The normalized spacial score (nSPS) is 10.9. The molecule has 9 nitrogen and oxygen atoms in total. The molecule has 0 radical (unpaired) electrons. The summed E-state index contributed by atoms with van der Waals surface area (Å²) in [4.78, 5) is 16.5. The zero-order valence-electron chi connectivity index (χ0n) is 20.2. The van der Waals surface area contributed by atoms with E-state index in [9.17, 15) is 4.79 Å². The van der Waals surface area contributed by atoms with Crippen molar-refractivity contribution in [3.8, 4) is 17.6 Å². The van der Waals surface area contributed by atoms with E-state index in [1.54, 1.807) is 24.4 Å². The lowest BCUT2D eigenvalue weighted by molar-refractivity contribution is 0.262. The van der Waals surface area contributed by atoms with Crippen molar-refractivity contribution in [2.45, 2.75) is 32.6 Å². The summed E-state index contributed by atoms with van der Waals surface area (Å²) in [5.41, 5.74) is 1.86. The van der Waals surface area contributed by atoms with Crippen molar-refractivity contribution in [2.24, 2.45) is 0 Å². The summed E-state index contributed by atoms with van der Waals surface area (Å²) in [6, 6.07) is 12.1. The van der Waals surface area contributed by atoms with E-state index in [0.717, 1.165) is 18.5 Å². The number of pyridine rings is 1. The molecule has 0 bridgehead atoms. The van der Waals surface area contributed by atoms with E-state index in [1.807, 2.05) is 45.0 Å². The van der Waals surface area contributed by atoms with Crippen LogP contribution in [0.5, 0.6) is 5.75 Å². The highest BCUT2D eigenvalue weighted by atomic mass is 16.5. The van der Waals surface area contributed by atoms with Gasteiger partial charge < -0.3 is 25.0 Å². The van der Waals surface area contributed by atoms with Gasteiger partial charge in [0.05, 0.1) is 19.4 Å². The van der Waals surface area contributed by atoms with Gasteiger partial charge in [-0.25, -0.2) is 9.78 Å². The van der Waals surface area contributed by atoms with Crippen LogP contribution in [0, 0.1) is 11.8 Å². The number of aliphatic hydroxyl groups is 1. The Morgan fingerprint density at radius 2 is 1.89 bits per heavy atom. The SMILES string of the molecule is CC(C)(C)c1cc(NC(=O)Nc2ccc(C#Cc3ccc(OCCCNCCO)cn3)cc2)no1. The van der Waals surface area contributed by atoms with Gasteiger partial charge in [-0.05, 0) is 55.3 Å². The Kier molecular flexibility index (Phi) is 9.23. The fraction of sp³-hybridized carbons (Fsp3) is 0.346. The van der Waals surface area contributed by atoms with Crippen LogP contribution in [-0.2, 0) is 5.41 Å². The Morgan fingerprint density at radius 1 is 1.09 bits per heavy atom. The third-order valence-electron chi connectivity index (χ3n) is 4.76. The lowest BCUT2D eigenvalue weighted by atomic mass is 9.93. The molecule has 0 aliphatic heterocycles. The number of hydrogen-bond donors (Lipinski definition) is 4. The molecule has 0 aliphatic carbocycles. The van der Waals surface area contributed by atoms with E-state index in [0.29, 0.717) is 41.9 Å². The van der Waals surface area contributed by atoms with Crippen LogP contribution in [0.3, 0.4) is 0 Å². The molecule has 0 aliphatic rings. The van der Waals surface area contributed by atoms with Gasteiger partial charge in [0.1, 0.15) is 17.2 Å². The summed E-state index contributed by atoms with van der Waals surface area (Å²) in [5, 5.41) is 21.1. The summed E-state index contributed by atoms with van der Waals surface area (Å²) >= 11 is 0. The lowest BCUT2D eigenvalue weighted by Gasteiger charge is -2.12. The molecule has 0 saturated heterocycles. The number of anilines is 2. The number of carbonyl (C=O) groups is 1. The molecule has 4 N–H and O–H groups in total. The van der Waals surface area contributed by atoms with Gasteiger partial charge in [0.15, 0.2) is 5.82 Å². The van der Waals surface area contributed by atoms with Crippen LogP contribution >= 0.6 is 0 Å². The molecule has 0 fully saturated rings. The van der Waals surface area contributed by atoms with Crippen LogP contribution in [0.25, 0.3) is 0 Å². The van der Waals surface area contributed by atoms with Gasteiger partial charge in [-0.15, -0.1) is 0 Å². The Morgan fingerprint density at radius 3 is 2.54 bits per heavy atom. The van der Waals surface area contributed by atoms with Crippen LogP contribution in [-0.4, -0.2) is 47.6 Å². The van der Waals surface area contributed by atoms with E-state index >= 15 is 0 Å². The predicted octanol–water partition coefficient (Wildman–Crippen LogP) is 3.76. The molecule has 0 spiro atoms. The molecule has 2 amide bonds. The Labute approximate surface area is 205 Å². The number of urea groups is 1. The van der Waals surface area contributed by atoms with Gasteiger partial charge in [-0.1, -0.05) is 31.8 Å². The number of benzene rings is 1. The van der Waals surface area contributed by atoms with E-state index < -0.39 is 6.03 Å². The Hall–Kier alpha value is -3.87. The maximum Gasteiger partial charge on any atom is 0.324 e. The fourth-order valence-corrected chi connectivity index (χ4v) is 2.87. The van der Waals surface area contributed by atoms with Gasteiger partial charge in [0.25, 0.3) is 0 Å². The first-order valence-electron chi connectivity index (χ1n) is 11.4. The number of nitrogens with one attached hydrogen (secondary N) is 3. The first-order valence-corrected chi connectivity index (χ1v) is 11.4. The monoisotopic (exact) mass is 477 g/mol. The number of hydrogen-bond acceptors (Lipinski definition) is 7. The van der Waals surface area contributed by atoms with Gasteiger partial charge in [0, 0.05) is 29.3 Å². The van der Waals surface area contributed by atoms with E-state index in [-0.39, 0.29) is 12.0 Å². The molecular formula is C26H31N5O4. The number of aliphatic hydroxyl groups excluding tert-OH is 1. The highest BCUT2D eigenvalue weighted by Gasteiger charge is 2.20. The number of rotatable bonds is 9. The maximum absolute atomic E-state index is 12.2. The quantitative estimate of drug-likeness (QED) is 0.273. The molecule has 0 atom stereocenters. The van der Waals surface area contributed by atoms with Gasteiger partial charge in [-0.2, -0.15) is 0 Å². The van der Waals surface area contributed by atoms with Crippen molar-refractivity contribution >= 4 is 17.5 Å². The minimum Gasteiger partial charge on any atom is -0.492 e. The van der Waals surface area contributed by atoms with Crippen LogP contribution in [0.2, 0.25) is 0 Å². The molecule has 2 aromatic heterocycles. The van der Waals surface area contributed by atoms with Crippen LogP contribution in [0.1, 0.15) is 44.2 Å². The van der Waals surface area contributed by atoms with E-state index in [2.05, 4.69) is 37.9 Å². The van der Waals surface area contributed by atoms with Crippen molar-refractivity contribution in [1.82, 2.24) is 15.5 Å². The number of carbonyl (C=O) groups excluding carboxylic acids is 1. The van der Waals surface area contributed by atoms with Crippen molar-refractivity contribution in [3.05, 3.63) is 65.7 Å². The first-order chi connectivity index (χ1) is 16.8. The van der Waals surface area contributed by atoms with Crippen LogP contribution < -0.4 is 20.7 Å². The second kappa shape index (κ2) is 12.6. The van der Waals surface area contributed by atoms with Crippen molar-refractivity contribution in [3.63, 3.8) is 0 Å². The first kappa shape index (κ1) is 25.7. The lowest BCUT2D eigenvalue weighted by Crippen LogP contribution is -2.20. The summed E-state index contributed by atoms with van der Waals surface area (Å²) in [6.45, 7) is 8.09. The molecule has 0 unspecified atom stereocenters. The number of amides is 2. The van der Waals surface area contributed by atoms with Crippen molar-refractivity contribution in [2.75, 3.05) is 36.9 Å². The Balaban J connectivity index is 1.46. The fourth-order valence-electron chi connectivity index (χ4n) is 2.87. The maximum atomic E-state index is 12.2. The molecule has 184 valence electrons.